The third-order valence-electron chi connectivity index (χ3n) is 3.30. The molecule has 5 heteroatoms. The maximum absolute atomic E-state index is 10.7. The Balaban J connectivity index is 2.14. The maximum atomic E-state index is 10.7. The number of hydrogen-bond acceptors (Lipinski definition) is 4. The lowest BCUT2D eigenvalue weighted by molar-refractivity contribution is -0.384. The van der Waals surface area contributed by atoms with E-state index in [9.17, 15) is 10.1 Å². The van der Waals surface area contributed by atoms with Gasteiger partial charge < -0.3 is 10.2 Å². The molecule has 0 unspecified atom stereocenters. The zero-order chi connectivity index (χ0) is 12.3. The molecule has 0 radical (unpaired) electrons. The van der Waals surface area contributed by atoms with Crippen molar-refractivity contribution in [1.29, 1.82) is 0 Å². The highest BCUT2D eigenvalue weighted by atomic mass is 16.6. The molecule has 0 spiro atoms. The quantitative estimate of drug-likeness (QED) is 0.641. The summed E-state index contributed by atoms with van der Waals surface area (Å²) < 4.78 is 0. The summed E-state index contributed by atoms with van der Waals surface area (Å²) in [5.74, 6) is 0. The van der Waals surface area contributed by atoms with E-state index in [0.717, 1.165) is 31.6 Å². The van der Waals surface area contributed by atoms with E-state index < -0.39 is 0 Å². The number of benzene rings is 1. The molecule has 0 saturated carbocycles. The van der Waals surface area contributed by atoms with Gasteiger partial charge in [-0.3, -0.25) is 10.1 Å². The summed E-state index contributed by atoms with van der Waals surface area (Å²) in [4.78, 5) is 12.5. The predicted octanol–water partition coefficient (Wildman–Crippen LogP) is 1.78. The molecule has 1 aliphatic rings. The van der Waals surface area contributed by atoms with Crippen LogP contribution in [-0.4, -0.2) is 31.1 Å². The normalized spacial score (nSPS) is 16.8. The van der Waals surface area contributed by atoms with Crippen LogP contribution in [0.1, 0.15) is 12.8 Å². The van der Waals surface area contributed by atoms with Crippen LogP contribution >= 0.6 is 0 Å². The van der Waals surface area contributed by atoms with Gasteiger partial charge in [0.2, 0.25) is 0 Å². The van der Waals surface area contributed by atoms with Gasteiger partial charge in [-0.2, -0.15) is 0 Å². The number of hydrogen-bond donors (Lipinski definition) is 1. The topological polar surface area (TPSA) is 58.4 Å². The lowest BCUT2D eigenvalue weighted by atomic mass is 10.0. The molecule has 1 aromatic rings. The van der Waals surface area contributed by atoms with Crippen LogP contribution < -0.4 is 10.2 Å². The van der Waals surface area contributed by atoms with Crippen molar-refractivity contribution < 1.29 is 4.92 Å². The summed E-state index contributed by atoms with van der Waals surface area (Å²) in [6.07, 6.45) is 2.17. The van der Waals surface area contributed by atoms with E-state index in [1.165, 1.54) is 6.07 Å². The molecule has 1 aromatic carbocycles. The van der Waals surface area contributed by atoms with Crippen molar-refractivity contribution in [2.24, 2.45) is 0 Å². The molecule has 0 amide bonds. The standard InChI is InChI=1S/C12H17N3O2/c1-14(10-5-7-13-8-6-10)11-3-2-4-12(9-11)15(16)17/h2-4,9-10,13H,5-8H2,1H3. The maximum Gasteiger partial charge on any atom is 0.271 e. The Bertz CT molecular complexity index is 402. The molecule has 1 aliphatic heterocycles. The highest BCUT2D eigenvalue weighted by Gasteiger charge is 2.19. The van der Waals surface area contributed by atoms with E-state index in [2.05, 4.69) is 10.2 Å². The number of nitro benzene ring substituents is 1. The highest BCUT2D eigenvalue weighted by Crippen LogP contribution is 2.24. The zero-order valence-electron chi connectivity index (χ0n) is 9.93. The molecular weight excluding hydrogens is 218 g/mol. The number of piperidine rings is 1. The molecule has 1 heterocycles. The Morgan fingerprint density at radius 3 is 2.76 bits per heavy atom. The number of anilines is 1. The van der Waals surface area contributed by atoms with Crippen LogP contribution in [0.4, 0.5) is 11.4 Å². The third-order valence-corrected chi connectivity index (χ3v) is 3.30. The summed E-state index contributed by atoms with van der Waals surface area (Å²) in [6.45, 7) is 2.04. The number of rotatable bonds is 3. The Hall–Kier alpha value is -1.62. The SMILES string of the molecule is CN(c1cccc([N+](=O)[O-])c1)C1CCNCC1. The summed E-state index contributed by atoms with van der Waals surface area (Å²) >= 11 is 0. The zero-order valence-corrected chi connectivity index (χ0v) is 9.93. The number of nitrogens with zero attached hydrogens (tertiary/aromatic N) is 2. The molecule has 0 bridgehead atoms. The van der Waals surface area contributed by atoms with Crippen LogP contribution in [0.2, 0.25) is 0 Å². The molecule has 1 saturated heterocycles. The number of nitro groups is 1. The fraction of sp³-hybridized carbons (Fsp3) is 0.500. The van der Waals surface area contributed by atoms with E-state index in [1.54, 1.807) is 12.1 Å². The molecular formula is C12H17N3O2. The monoisotopic (exact) mass is 235 g/mol. The lowest BCUT2D eigenvalue weighted by Gasteiger charge is -2.33. The van der Waals surface area contributed by atoms with Crippen molar-refractivity contribution in [1.82, 2.24) is 5.32 Å². The molecule has 0 aliphatic carbocycles. The first kappa shape index (κ1) is 11.9. The van der Waals surface area contributed by atoms with Gasteiger partial charge in [0.1, 0.15) is 0 Å². The van der Waals surface area contributed by atoms with Crippen molar-refractivity contribution in [2.75, 3.05) is 25.0 Å². The molecule has 92 valence electrons. The first-order chi connectivity index (χ1) is 8.18. The van der Waals surface area contributed by atoms with E-state index >= 15 is 0 Å². The van der Waals surface area contributed by atoms with E-state index in [0.29, 0.717) is 6.04 Å². The van der Waals surface area contributed by atoms with Crippen molar-refractivity contribution in [3.63, 3.8) is 0 Å². The average molecular weight is 235 g/mol. The van der Waals surface area contributed by atoms with Gasteiger partial charge in [-0.1, -0.05) is 6.07 Å². The minimum Gasteiger partial charge on any atom is -0.371 e. The molecule has 1 N–H and O–H groups in total. The van der Waals surface area contributed by atoms with Gasteiger partial charge in [-0.15, -0.1) is 0 Å². The van der Waals surface area contributed by atoms with Crippen LogP contribution in [0.15, 0.2) is 24.3 Å². The smallest absolute Gasteiger partial charge is 0.271 e. The van der Waals surface area contributed by atoms with Gasteiger partial charge in [-0.25, -0.2) is 0 Å². The predicted molar refractivity (Wildman–Crippen MR) is 67.4 cm³/mol. The molecule has 0 aromatic heterocycles. The van der Waals surface area contributed by atoms with Crippen LogP contribution in [-0.2, 0) is 0 Å². The lowest BCUT2D eigenvalue weighted by Crippen LogP contribution is -2.41. The second-order valence-corrected chi connectivity index (χ2v) is 4.37. The van der Waals surface area contributed by atoms with Crippen LogP contribution in [0.25, 0.3) is 0 Å². The van der Waals surface area contributed by atoms with Gasteiger partial charge in [0.15, 0.2) is 0 Å². The Labute approximate surface area is 101 Å². The molecule has 5 nitrogen and oxygen atoms in total. The fourth-order valence-electron chi connectivity index (χ4n) is 2.23. The largest absolute Gasteiger partial charge is 0.371 e. The third kappa shape index (κ3) is 2.74. The highest BCUT2D eigenvalue weighted by molar-refractivity contribution is 5.53. The van der Waals surface area contributed by atoms with Gasteiger partial charge in [0.05, 0.1) is 4.92 Å². The van der Waals surface area contributed by atoms with Gasteiger partial charge in [0.25, 0.3) is 5.69 Å². The summed E-state index contributed by atoms with van der Waals surface area (Å²) in [5, 5.41) is 14.0. The average Bonchev–Trinajstić information content (AvgIpc) is 2.39. The van der Waals surface area contributed by atoms with Gasteiger partial charge in [-0.05, 0) is 32.0 Å². The Morgan fingerprint density at radius 2 is 2.12 bits per heavy atom. The van der Waals surface area contributed by atoms with Crippen molar-refractivity contribution in [2.45, 2.75) is 18.9 Å². The minimum absolute atomic E-state index is 0.156. The first-order valence-electron chi connectivity index (χ1n) is 5.86. The van der Waals surface area contributed by atoms with E-state index in [1.807, 2.05) is 13.1 Å². The van der Waals surface area contributed by atoms with Crippen LogP contribution in [0, 0.1) is 10.1 Å². The summed E-state index contributed by atoms with van der Waals surface area (Å²) in [6, 6.07) is 7.31. The van der Waals surface area contributed by atoms with Gasteiger partial charge >= 0.3 is 0 Å². The fourth-order valence-corrected chi connectivity index (χ4v) is 2.23. The second-order valence-electron chi connectivity index (χ2n) is 4.37. The summed E-state index contributed by atoms with van der Waals surface area (Å²) in [5.41, 5.74) is 1.08. The Kier molecular flexibility index (Phi) is 3.58. The number of nitrogens with one attached hydrogen (secondary N) is 1. The number of non-ortho nitro benzene ring substituents is 1. The summed E-state index contributed by atoms with van der Waals surface area (Å²) in [7, 11) is 2.01. The van der Waals surface area contributed by atoms with Gasteiger partial charge in [0, 0.05) is 30.9 Å². The minimum atomic E-state index is -0.347. The first-order valence-corrected chi connectivity index (χ1v) is 5.86. The van der Waals surface area contributed by atoms with Crippen molar-refractivity contribution in [3.05, 3.63) is 34.4 Å². The second kappa shape index (κ2) is 5.14. The molecule has 17 heavy (non-hydrogen) atoms. The van der Waals surface area contributed by atoms with Crippen molar-refractivity contribution in [3.8, 4) is 0 Å². The Morgan fingerprint density at radius 1 is 1.41 bits per heavy atom. The van der Waals surface area contributed by atoms with E-state index in [4.69, 9.17) is 0 Å². The van der Waals surface area contributed by atoms with Crippen LogP contribution in [0.3, 0.4) is 0 Å². The molecule has 1 fully saturated rings. The molecule has 0 atom stereocenters. The van der Waals surface area contributed by atoms with E-state index in [-0.39, 0.29) is 10.6 Å². The van der Waals surface area contributed by atoms with Crippen LogP contribution in [0.5, 0.6) is 0 Å². The molecule has 2 rings (SSSR count). The van der Waals surface area contributed by atoms with Crippen molar-refractivity contribution >= 4 is 11.4 Å².